The van der Waals surface area contributed by atoms with E-state index < -0.39 is 0 Å². The Balaban J connectivity index is 1.36. The highest BCUT2D eigenvalue weighted by atomic mass is 32.1. The van der Waals surface area contributed by atoms with Crippen molar-refractivity contribution in [1.82, 2.24) is 15.3 Å². The molecule has 0 atom stereocenters. The van der Waals surface area contributed by atoms with Crippen molar-refractivity contribution in [2.45, 2.75) is 51.2 Å². The fourth-order valence-corrected chi connectivity index (χ4v) is 4.92. The number of benzene rings is 1. The van der Waals surface area contributed by atoms with Crippen LogP contribution in [0.3, 0.4) is 0 Å². The number of thiocarbonyl (C=S) groups is 1. The number of rotatable bonds is 4. The van der Waals surface area contributed by atoms with Crippen LogP contribution in [-0.4, -0.2) is 47.4 Å². The molecule has 1 saturated carbocycles. The van der Waals surface area contributed by atoms with Crippen LogP contribution >= 0.6 is 12.2 Å². The van der Waals surface area contributed by atoms with Gasteiger partial charge in [-0.3, -0.25) is 0 Å². The van der Waals surface area contributed by atoms with E-state index in [4.69, 9.17) is 26.9 Å². The molecule has 1 aromatic heterocycles. The third kappa shape index (κ3) is 4.91. The van der Waals surface area contributed by atoms with Gasteiger partial charge >= 0.3 is 0 Å². The summed E-state index contributed by atoms with van der Waals surface area (Å²) < 4.78 is 5.53. The molecule has 1 aromatic carbocycles. The third-order valence-corrected chi connectivity index (χ3v) is 6.58. The molecule has 1 saturated heterocycles. The van der Waals surface area contributed by atoms with E-state index in [0.717, 1.165) is 51.0 Å². The van der Waals surface area contributed by atoms with Crippen LogP contribution in [0.1, 0.15) is 43.2 Å². The lowest BCUT2D eigenvalue weighted by molar-refractivity contribution is 0.122. The van der Waals surface area contributed by atoms with Gasteiger partial charge in [-0.1, -0.05) is 43.5 Å². The number of hydrogen-bond donors (Lipinski definition) is 2. The van der Waals surface area contributed by atoms with E-state index in [1.165, 1.54) is 43.2 Å². The number of nitrogens with zero attached hydrogens (tertiary/aromatic N) is 4. The van der Waals surface area contributed by atoms with Gasteiger partial charge in [0.25, 0.3) is 0 Å². The average molecular weight is 439 g/mol. The van der Waals surface area contributed by atoms with Crippen molar-refractivity contribution in [2.75, 3.05) is 41.4 Å². The largest absolute Gasteiger partial charge is 0.378 e. The van der Waals surface area contributed by atoms with Crippen LogP contribution in [0.4, 0.5) is 17.6 Å². The number of anilines is 3. The average Bonchev–Trinajstić information content (AvgIpc) is 3.24. The summed E-state index contributed by atoms with van der Waals surface area (Å²) in [4.78, 5) is 14.2. The van der Waals surface area contributed by atoms with Crippen LogP contribution in [0.25, 0.3) is 0 Å². The maximum Gasteiger partial charge on any atom is 0.232 e. The summed E-state index contributed by atoms with van der Waals surface area (Å²) >= 11 is 5.60. The highest BCUT2D eigenvalue weighted by molar-refractivity contribution is 7.80. The van der Waals surface area contributed by atoms with E-state index in [-0.39, 0.29) is 0 Å². The highest BCUT2D eigenvalue weighted by Crippen LogP contribution is 2.30. The van der Waals surface area contributed by atoms with E-state index in [0.29, 0.717) is 17.1 Å². The van der Waals surface area contributed by atoms with Crippen LogP contribution in [0.15, 0.2) is 30.3 Å². The quantitative estimate of drug-likeness (QED) is 0.704. The van der Waals surface area contributed by atoms with Crippen LogP contribution in [0.5, 0.6) is 0 Å². The Kier molecular flexibility index (Phi) is 6.18. The lowest BCUT2D eigenvalue weighted by Gasteiger charge is -2.29. The molecule has 2 aliphatic heterocycles. The minimum Gasteiger partial charge on any atom is -0.378 e. The number of hydrogen-bond acceptors (Lipinski definition) is 6. The summed E-state index contributed by atoms with van der Waals surface area (Å²) in [5, 5.41) is 7.34. The molecule has 7 nitrogen and oxygen atoms in total. The lowest BCUT2D eigenvalue weighted by atomic mass is 9.96. The van der Waals surface area contributed by atoms with Crippen molar-refractivity contribution in [3.63, 3.8) is 0 Å². The van der Waals surface area contributed by atoms with Crippen LogP contribution < -0.4 is 20.4 Å². The number of aromatic nitrogens is 2. The molecule has 2 N–H and O–H groups in total. The van der Waals surface area contributed by atoms with Crippen molar-refractivity contribution in [2.24, 2.45) is 0 Å². The van der Waals surface area contributed by atoms with E-state index in [1.807, 2.05) is 0 Å². The van der Waals surface area contributed by atoms with E-state index in [9.17, 15) is 0 Å². The molecule has 31 heavy (non-hydrogen) atoms. The minimum absolute atomic E-state index is 0.448. The molecule has 0 spiro atoms. The molecule has 8 heteroatoms. The summed E-state index contributed by atoms with van der Waals surface area (Å²) in [6.07, 6.45) is 6.21. The second kappa shape index (κ2) is 9.36. The Hall–Kier alpha value is -2.45. The minimum atomic E-state index is 0.448. The number of ether oxygens (including phenoxy) is 1. The first-order valence-corrected chi connectivity index (χ1v) is 11.8. The van der Waals surface area contributed by atoms with Gasteiger partial charge in [0.2, 0.25) is 5.95 Å². The topological polar surface area (TPSA) is 65.5 Å². The van der Waals surface area contributed by atoms with E-state index >= 15 is 0 Å². The zero-order valence-electron chi connectivity index (χ0n) is 17.8. The standard InChI is InChI=1S/C23H30N6OS/c31-23(24-19-8-2-1-3-9-19)27-22-25-20(28-10-12-30-13-11-28)14-21(26-22)29-15-17-6-4-5-7-18(17)16-29/h4-7,14,19H,1-3,8-13,15-16H2,(H2,24,25,26,27,31). The molecule has 164 valence electrons. The molecule has 0 unspecified atom stereocenters. The van der Waals surface area contributed by atoms with Crippen molar-refractivity contribution >= 4 is 34.9 Å². The highest BCUT2D eigenvalue weighted by Gasteiger charge is 2.23. The van der Waals surface area contributed by atoms with Gasteiger partial charge in [0.15, 0.2) is 5.11 Å². The van der Waals surface area contributed by atoms with E-state index in [2.05, 4.69) is 50.8 Å². The fourth-order valence-electron chi connectivity index (χ4n) is 4.66. The molecular weight excluding hydrogens is 408 g/mol. The molecule has 3 aliphatic rings. The van der Waals surface area contributed by atoms with Crippen LogP contribution in [-0.2, 0) is 17.8 Å². The van der Waals surface area contributed by atoms with Crippen LogP contribution in [0, 0.1) is 0 Å². The van der Waals surface area contributed by atoms with Gasteiger partial charge in [0, 0.05) is 38.3 Å². The van der Waals surface area contributed by atoms with Gasteiger partial charge in [0.05, 0.1) is 13.2 Å². The Morgan fingerprint density at radius 2 is 1.58 bits per heavy atom. The van der Waals surface area contributed by atoms with Gasteiger partial charge in [-0.05, 0) is 36.2 Å². The Morgan fingerprint density at radius 1 is 0.935 bits per heavy atom. The maximum atomic E-state index is 5.60. The number of morpholine rings is 1. The molecule has 2 aromatic rings. The summed E-state index contributed by atoms with van der Waals surface area (Å²) in [6.45, 7) is 4.83. The Labute approximate surface area is 189 Å². The number of fused-ring (bicyclic) bond motifs is 1. The summed E-state index contributed by atoms with van der Waals surface area (Å²) in [5.74, 6) is 2.41. The predicted molar refractivity (Wildman–Crippen MR) is 128 cm³/mol. The van der Waals surface area contributed by atoms with Gasteiger partial charge < -0.3 is 25.2 Å². The molecule has 1 aliphatic carbocycles. The monoisotopic (exact) mass is 438 g/mol. The first kappa shape index (κ1) is 20.5. The zero-order chi connectivity index (χ0) is 21.0. The third-order valence-electron chi connectivity index (χ3n) is 6.36. The summed E-state index contributed by atoms with van der Waals surface area (Å²) in [5.41, 5.74) is 2.72. The molecular formula is C23H30N6OS. The smallest absolute Gasteiger partial charge is 0.232 e. The fraction of sp³-hybridized carbons (Fsp3) is 0.522. The second-order valence-electron chi connectivity index (χ2n) is 8.57. The molecule has 0 amide bonds. The Bertz CT molecular complexity index is 901. The van der Waals surface area contributed by atoms with Crippen molar-refractivity contribution in [3.05, 3.63) is 41.5 Å². The van der Waals surface area contributed by atoms with Gasteiger partial charge in [-0.25, -0.2) is 0 Å². The summed E-state index contributed by atoms with van der Waals surface area (Å²) in [6, 6.07) is 11.1. The predicted octanol–water partition coefficient (Wildman–Crippen LogP) is 3.45. The van der Waals surface area contributed by atoms with Crippen molar-refractivity contribution in [3.8, 4) is 0 Å². The molecule has 0 bridgehead atoms. The lowest BCUT2D eigenvalue weighted by Crippen LogP contribution is -2.40. The van der Waals surface area contributed by atoms with Gasteiger partial charge in [-0.2, -0.15) is 9.97 Å². The maximum absolute atomic E-state index is 5.60. The summed E-state index contributed by atoms with van der Waals surface area (Å²) in [7, 11) is 0. The van der Waals surface area contributed by atoms with Crippen molar-refractivity contribution in [1.29, 1.82) is 0 Å². The molecule has 2 fully saturated rings. The molecule has 5 rings (SSSR count). The molecule has 0 radical (unpaired) electrons. The molecule has 3 heterocycles. The van der Waals surface area contributed by atoms with Gasteiger partial charge in [0.1, 0.15) is 11.6 Å². The second-order valence-corrected chi connectivity index (χ2v) is 8.97. The van der Waals surface area contributed by atoms with Crippen LogP contribution in [0.2, 0.25) is 0 Å². The normalized spacial score (nSPS) is 19.2. The SMILES string of the molecule is S=C(Nc1nc(N2CCOCC2)cc(N2Cc3ccccc3C2)n1)NC1CCCCC1. The first-order valence-electron chi connectivity index (χ1n) is 11.4. The number of nitrogens with one attached hydrogen (secondary N) is 2. The van der Waals surface area contributed by atoms with Gasteiger partial charge in [-0.15, -0.1) is 0 Å². The van der Waals surface area contributed by atoms with E-state index in [1.54, 1.807) is 0 Å². The van der Waals surface area contributed by atoms with Crippen molar-refractivity contribution < 1.29 is 4.74 Å². The Morgan fingerprint density at radius 3 is 2.26 bits per heavy atom. The zero-order valence-corrected chi connectivity index (χ0v) is 18.7. The first-order chi connectivity index (χ1) is 15.2.